The molecule has 0 bridgehead atoms. The van der Waals surface area contributed by atoms with Crippen LogP contribution in [0.1, 0.15) is 11.3 Å². The molecule has 0 fully saturated rings. The van der Waals surface area contributed by atoms with Crippen molar-refractivity contribution in [1.82, 2.24) is 4.57 Å². The summed E-state index contributed by atoms with van der Waals surface area (Å²) in [5, 5.41) is 1.30. The maximum Gasteiger partial charge on any atom is 0.0531 e. The number of para-hydroxylation sites is 2. The van der Waals surface area contributed by atoms with E-state index < -0.39 is 0 Å². The Morgan fingerprint density at radius 1 is 0.824 bits per heavy atom. The first-order chi connectivity index (χ1) is 8.27. The predicted octanol–water partition coefficient (Wildman–Crippen LogP) is 4.25. The summed E-state index contributed by atoms with van der Waals surface area (Å²) in [5.74, 6) is 0. The van der Waals surface area contributed by atoms with E-state index in [1.165, 1.54) is 27.8 Å². The van der Waals surface area contributed by atoms with Gasteiger partial charge in [0.05, 0.1) is 5.52 Å². The number of aromatic nitrogens is 1. The van der Waals surface area contributed by atoms with Crippen molar-refractivity contribution < 1.29 is 0 Å². The van der Waals surface area contributed by atoms with Gasteiger partial charge in [-0.3, -0.25) is 0 Å². The lowest BCUT2D eigenvalue weighted by molar-refractivity contribution is 1.04. The molecular weight excluding hydrogens is 206 g/mol. The van der Waals surface area contributed by atoms with E-state index in [4.69, 9.17) is 0 Å². The third-order valence-electron chi connectivity index (χ3n) is 3.25. The highest BCUT2D eigenvalue weighted by Crippen LogP contribution is 2.25. The predicted molar refractivity (Wildman–Crippen MR) is 72.7 cm³/mol. The molecule has 0 spiro atoms. The summed E-state index contributed by atoms with van der Waals surface area (Å²) >= 11 is 0. The standard InChI is InChI=1S/C16H15N/c1-12-7-3-5-9-15(12)17-13(2)11-14-8-4-6-10-16(14)17/h3-11H,1-2H3. The van der Waals surface area contributed by atoms with Crippen LogP contribution >= 0.6 is 0 Å². The number of rotatable bonds is 1. The first-order valence-electron chi connectivity index (χ1n) is 5.90. The van der Waals surface area contributed by atoms with Gasteiger partial charge in [0.1, 0.15) is 0 Å². The van der Waals surface area contributed by atoms with Crippen LogP contribution in [0.3, 0.4) is 0 Å². The van der Waals surface area contributed by atoms with Crippen LogP contribution < -0.4 is 0 Å². The summed E-state index contributed by atoms with van der Waals surface area (Å²) in [7, 11) is 0. The zero-order valence-corrected chi connectivity index (χ0v) is 10.1. The lowest BCUT2D eigenvalue weighted by atomic mass is 10.2. The molecule has 3 aromatic rings. The first-order valence-corrected chi connectivity index (χ1v) is 5.90. The van der Waals surface area contributed by atoms with Gasteiger partial charge < -0.3 is 4.57 Å². The van der Waals surface area contributed by atoms with Crippen LogP contribution in [0.15, 0.2) is 54.6 Å². The van der Waals surface area contributed by atoms with Crippen molar-refractivity contribution in [2.45, 2.75) is 13.8 Å². The van der Waals surface area contributed by atoms with Crippen LogP contribution in [0.2, 0.25) is 0 Å². The number of benzene rings is 2. The number of fused-ring (bicyclic) bond motifs is 1. The lowest BCUT2D eigenvalue weighted by Gasteiger charge is -2.11. The molecule has 0 atom stereocenters. The Kier molecular flexibility index (Phi) is 2.25. The van der Waals surface area contributed by atoms with Crippen LogP contribution in [-0.4, -0.2) is 4.57 Å². The summed E-state index contributed by atoms with van der Waals surface area (Å²) in [5.41, 5.74) is 5.13. The van der Waals surface area contributed by atoms with Crippen LogP contribution in [0, 0.1) is 13.8 Å². The molecule has 0 amide bonds. The molecular formula is C16H15N. The molecule has 1 nitrogen and oxygen atoms in total. The quantitative estimate of drug-likeness (QED) is 0.579. The fourth-order valence-electron chi connectivity index (χ4n) is 2.43. The van der Waals surface area contributed by atoms with E-state index in [1.807, 2.05) is 0 Å². The lowest BCUT2D eigenvalue weighted by Crippen LogP contribution is -1.98. The highest BCUT2D eigenvalue weighted by atomic mass is 15.0. The Hall–Kier alpha value is -2.02. The van der Waals surface area contributed by atoms with Crippen molar-refractivity contribution in [3.63, 3.8) is 0 Å². The van der Waals surface area contributed by atoms with Crippen molar-refractivity contribution in [3.05, 3.63) is 65.9 Å². The minimum Gasteiger partial charge on any atom is -0.314 e. The van der Waals surface area contributed by atoms with Gasteiger partial charge in [-0.15, -0.1) is 0 Å². The van der Waals surface area contributed by atoms with Gasteiger partial charge in [-0.1, -0.05) is 36.4 Å². The molecule has 0 saturated heterocycles. The molecule has 0 radical (unpaired) electrons. The largest absolute Gasteiger partial charge is 0.314 e. The van der Waals surface area contributed by atoms with E-state index in [0.29, 0.717) is 0 Å². The molecule has 3 rings (SSSR count). The molecule has 17 heavy (non-hydrogen) atoms. The number of hydrogen-bond acceptors (Lipinski definition) is 0. The fraction of sp³-hybridized carbons (Fsp3) is 0.125. The average Bonchev–Trinajstić information content (AvgIpc) is 2.66. The second kappa shape index (κ2) is 3.77. The normalized spacial score (nSPS) is 10.9. The van der Waals surface area contributed by atoms with Crippen molar-refractivity contribution in [1.29, 1.82) is 0 Å². The maximum absolute atomic E-state index is 2.32. The molecule has 1 heteroatoms. The number of hydrogen-bond donors (Lipinski definition) is 0. The SMILES string of the molecule is Cc1ccccc1-n1c(C)cc2ccccc21. The minimum atomic E-state index is 1.27. The summed E-state index contributed by atoms with van der Waals surface area (Å²) in [6.07, 6.45) is 0. The topological polar surface area (TPSA) is 4.93 Å². The molecule has 84 valence electrons. The second-order valence-corrected chi connectivity index (χ2v) is 4.47. The molecule has 0 aliphatic heterocycles. The Morgan fingerprint density at radius 2 is 1.53 bits per heavy atom. The number of aryl methyl sites for hydroxylation is 2. The number of nitrogens with zero attached hydrogens (tertiary/aromatic N) is 1. The van der Waals surface area contributed by atoms with Gasteiger partial charge >= 0.3 is 0 Å². The Morgan fingerprint density at radius 3 is 2.35 bits per heavy atom. The molecule has 0 saturated carbocycles. The summed E-state index contributed by atoms with van der Waals surface area (Å²) in [6.45, 7) is 4.32. The fourth-order valence-corrected chi connectivity index (χ4v) is 2.43. The molecule has 0 aliphatic rings. The molecule has 2 aromatic carbocycles. The minimum absolute atomic E-state index is 1.27. The summed E-state index contributed by atoms with van der Waals surface area (Å²) < 4.78 is 2.32. The maximum atomic E-state index is 2.32. The van der Waals surface area contributed by atoms with E-state index in [1.54, 1.807) is 0 Å². The van der Waals surface area contributed by atoms with E-state index >= 15 is 0 Å². The third kappa shape index (κ3) is 1.55. The van der Waals surface area contributed by atoms with Gasteiger partial charge in [0, 0.05) is 16.8 Å². The Labute approximate surface area is 101 Å². The van der Waals surface area contributed by atoms with E-state index in [-0.39, 0.29) is 0 Å². The Balaban J connectivity index is 2.38. The van der Waals surface area contributed by atoms with Gasteiger partial charge in [0.2, 0.25) is 0 Å². The van der Waals surface area contributed by atoms with Crippen LogP contribution in [0.25, 0.3) is 16.6 Å². The molecule has 0 N–H and O–H groups in total. The monoisotopic (exact) mass is 221 g/mol. The first kappa shape index (κ1) is 10.2. The molecule has 0 unspecified atom stereocenters. The van der Waals surface area contributed by atoms with Crippen molar-refractivity contribution in [2.24, 2.45) is 0 Å². The van der Waals surface area contributed by atoms with Gasteiger partial charge in [0.15, 0.2) is 0 Å². The van der Waals surface area contributed by atoms with Gasteiger partial charge in [-0.05, 0) is 37.6 Å². The van der Waals surface area contributed by atoms with E-state index in [0.717, 1.165) is 0 Å². The van der Waals surface area contributed by atoms with Gasteiger partial charge in [0.25, 0.3) is 0 Å². The molecule has 1 heterocycles. The van der Waals surface area contributed by atoms with Crippen molar-refractivity contribution in [3.8, 4) is 5.69 Å². The molecule has 0 aliphatic carbocycles. The Bertz CT molecular complexity index is 677. The molecule has 1 aromatic heterocycles. The smallest absolute Gasteiger partial charge is 0.0531 e. The highest BCUT2D eigenvalue weighted by Gasteiger charge is 2.08. The second-order valence-electron chi connectivity index (χ2n) is 4.47. The van der Waals surface area contributed by atoms with Crippen LogP contribution in [0.4, 0.5) is 0 Å². The van der Waals surface area contributed by atoms with Crippen LogP contribution in [0.5, 0.6) is 0 Å². The van der Waals surface area contributed by atoms with E-state index in [2.05, 4.69) is 73.0 Å². The highest BCUT2D eigenvalue weighted by molar-refractivity contribution is 5.83. The van der Waals surface area contributed by atoms with E-state index in [9.17, 15) is 0 Å². The van der Waals surface area contributed by atoms with Crippen molar-refractivity contribution >= 4 is 10.9 Å². The van der Waals surface area contributed by atoms with Gasteiger partial charge in [-0.2, -0.15) is 0 Å². The zero-order chi connectivity index (χ0) is 11.8. The van der Waals surface area contributed by atoms with Crippen LogP contribution in [-0.2, 0) is 0 Å². The van der Waals surface area contributed by atoms with Gasteiger partial charge in [-0.25, -0.2) is 0 Å². The zero-order valence-electron chi connectivity index (χ0n) is 10.1. The third-order valence-corrected chi connectivity index (χ3v) is 3.25. The van der Waals surface area contributed by atoms with Crippen molar-refractivity contribution in [2.75, 3.05) is 0 Å². The summed E-state index contributed by atoms with van der Waals surface area (Å²) in [4.78, 5) is 0. The summed E-state index contributed by atoms with van der Waals surface area (Å²) in [6, 6.07) is 19.3. The average molecular weight is 221 g/mol.